The van der Waals surface area contributed by atoms with E-state index in [1.54, 1.807) is 0 Å². The lowest BCUT2D eigenvalue weighted by atomic mass is 9.90. The first-order valence-corrected chi connectivity index (χ1v) is 4.59. The Bertz CT molecular complexity index is 159. The van der Waals surface area contributed by atoms with Gasteiger partial charge in [-0.25, -0.2) is 0 Å². The van der Waals surface area contributed by atoms with Gasteiger partial charge in [0.25, 0.3) is 0 Å². The molecule has 2 heteroatoms. The maximum Gasteiger partial charge on any atom is 0.0352 e. The van der Waals surface area contributed by atoms with Crippen LogP contribution in [-0.4, -0.2) is 35.6 Å². The van der Waals surface area contributed by atoms with Gasteiger partial charge in [0.1, 0.15) is 0 Å². The number of fused-ring (bicyclic) bond motifs is 1. The van der Waals surface area contributed by atoms with E-state index in [9.17, 15) is 0 Å². The van der Waals surface area contributed by atoms with Crippen LogP contribution in [0.3, 0.4) is 0 Å². The Morgan fingerprint density at radius 1 is 1.36 bits per heavy atom. The third kappa shape index (κ3) is 1.09. The fourth-order valence-electron chi connectivity index (χ4n) is 2.29. The summed E-state index contributed by atoms with van der Waals surface area (Å²) in [6, 6.07) is 1.66. The monoisotopic (exact) mass is 154 g/mol. The van der Waals surface area contributed by atoms with Gasteiger partial charge in [0.2, 0.25) is 0 Å². The van der Waals surface area contributed by atoms with E-state index in [2.05, 4.69) is 31.0 Å². The van der Waals surface area contributed by atoms with Crippen LogP contribution in [0.25, 0.3) is 0 Å². The highest BCUT2D eigenvalue weighted by atomic mass is 15.3. The molecule has 2 fully saturated rings. The summed E-state index contributed by atoms with van der Waals surface area (Å²) in [6.07, 6.45) is 1.35. The average Bonchev–Trinajstić information content (AvgIpc) is 2.08. The quantitative estimate of drug-likeness (QED) is 0.556. The van der Waals surface area contributed by atoms with Crippen LogP contribution >= 0.6 is 0 Å². The second kappa shape index (κ2) is 2.20. The van der Waals surface area contributed by atoms with E-state index >= 15 is 0 Å². The molecule has 2 aliphatic rings. The van der Waals surface area contributed by atoms with Gasteiger partial charge in [-0.3, -0.25) is 4.90 Å². The summed E-state index contributed by atoms with van der Waals surface area (Å²) >= 11 is 0. The minimum absolute atomic E-state index is 0.382. The predicted molar refractivity (Wildman–Crippen MR) is 46.7 cm³/mol. The predicted octanol–water partition coefficient (Wildman–Crippen LogP) is 0.831. The molecule has 2 rings (SSSR count). The Balaban J connectivity index is 2.00. The fourth-order valence-corrected chi connectivity index (χ4v) is 2.29. The molecule has 0 aliphatic carbocycles. The third-order valence-corrected chi connectivity index (χ3v) is 2.97. The summed E-state index contributed by atoms with van der Waals surface area (Å²) in [5.74, 6) is 0. The topological polar surface area (TPSA) is 15.3 Å². The average molecular weight is 154 g/mol. The Hall–Kier alpha value is -0.0800. The SMILES string of the molecule is CC(C)(C)N1C[C@@H]2NCC[C@@H]21. The highest BCUT2D eigenvalue weighted by Crippen LogP contribution is 2.32. The Kier molecular flexibility index (Phi) is 1.52. The molecule has 11 heavy (non-hydrogen) atoms. The lowest BCUT2D eigenvalue weighted by Gasteiger charge is -2.51. The molecule has 0 unspecified atom stereocenters. The highest BCUT2D eigenvalue weighted by Gasteiger charge is 2.46. The Morgan fingerprint density at radius 3 is 2.64 bits per heavy atom. The number of likely N-dealkylation sites (tertiary alicyclic amines) is 1. The molecule has 64 valence electrons. The zero-order chi connectivity index (χ0) is 8.06. The van der Waals surface area contributed by atoms with E-state index in [4.69, 9.17) is 0 Å². The molecule has 2 heterocycles. The van der Waals surface area contributed by atoms with Crippen molar-refractivity contribution in [3.8, 4) is 0 Å². The minimum Gasteiger partial charge on any atom is -0.311 e. The summed E-state index contributed by atoms with van der Waals surface area (Å²) in [5, 5.41) is 3.52. The molecule has 0 aromatic carbocycles. The van der Waals surface area contributed by atoms with E-state index in [1.165, 1.54) is 19.5 Å². The molecular formula is C9H18N2. The zero-order valence-electron chi connectivity index (χ0n) is 7.72. The molecule has 2 atom stereocenters. The van der Waals surface area contributed by atoms with Gasteiger partial charge in [0.15, 0.2) is 0 Å². The normalized spacial score (nSPS) is 38.5. The van der Waals surface area contributed by atoms with E-state index < -0.39 is 0 Å². The van der Waals surface area contributed by atoms with Crippen molar-refractivity contribution in [1.29, 1.82) is 0 Å². The molecule has 1 N–H and O–H groups in total. The van der Waals surface area contributed by atoms with E-state index in [-0.39, 0.29) is 0 Å². The molecule has 0 aromatic heterocycles. The van der Waals surface area contributed by atoms with Gasteiger partial charge in [-0.15, -0.1) is 0 Å². The zero-order valence-corrected chi connectivity index (χ0v) is 7.72. The van der Waals surface area contributed by atoms with Gasteiger partial charge in [-0.2, -0.15) is 0 Å². The molecular weight excluding hydrogens is 136 g/mol. The lowest BCUT2D eigenvalue weighted by molar-refractivity contribution is -0.00946. The van der Waals surface area contributed by atoms with Crippen molar-refractivity contribution in [2.45, 2.75) is 44.8 Å². The van der Waals surface area contributed by atoms with Crippen LogP contribution in [0.2, 0.25) is 0 Å². The second-order valence-electron chi connectivity index (χ2n) is 4.74. The molecule has 2 aliphatic heterocycles. The summed E-state index contributed by atoms with van der Waals surface area (Å²) in [7, 11) is 0. The number of hydrogen-bond acceptors (Lipinski definition) is 2. The van der Waals surface area contributed by atoms with E-state index in [1.807, 2.05) is 0 Å². The standard InChI is InChI=1S/C9H18N2/c1-9(2,3)11-6-7-8(11)4-5-10-7/h7-8,10H,4-6H2,1-3H3/t7-,8-/m0/s1. The van der Waals surface area contributed by atoms with Crippen LogP contribution < -0.4 is 5.32 Å². The lowest BCUT2D eigenvalue weighted by Crippen LogP contribution is -2.66. The van der Waals surface area contributed by atoms with Crippen LogP contribution in [0.15, 0.2) is 0 Å². The minimum atomic E-state index is 0.382. The van der Waals surface area contributed by atoms with Crippen LogP contribution in [0.5, 0.6) is 0 Å². The smallest absolute Gasteiger partial charge is 0.0352 e. The van der Waals surface area contributed by atoms with Gasteiger partial charge >= 0.3 is 0 Å². The van der Waals surface area contributed by atoms with E-state index in [0.717, 1.165) is 12.1 Å². The molecule has 2 nitrogen and oxygen atoms in total. The fraction of sp³-hybridized carbons (Fsp3) is 1.00. The van der Waals surface area contributed by atoms with Gasteiger partial charge in [0, 0.05) is 24.2 Å². The van der Waals surface area contributed by atoms with Crippen LogP contribution in [0, 0.1) is 0 Å². The number of nitrogens with zero attached hydrogens (tertiary/aromatic N) is 1. The van der Waals surface area contributed by atoms with Gasteiger partial charge < -0.3 is 5.32 Å². The molecule has 0 amide bonds. The number of rotatable bonds is 0. The molecule has 0 spiro atoms. The number of nitrogens with one attached hydrogen (secondary N) is 1. The van der Waals surface area contributed by atoms with Crippen molar-refractivity contribution in [3.05, 3.63) is 0 Å². The molecule has 0 aromatic rings. The summed E-state index contributed by atoms with van der Waals surface area (Å²) in [4.78, 5) is 2.61. The van der Waals surface area contributed by atoms with Gasteiger partial charge in [-0.1, -0.05) is 0 Å². The van der Waals surface area contributed by atoms with E-state index in [0.29, 0.717) is 5.54 Å². The van der Waals surface area contributed by atoms with Crippen molar-refractivity contribution >= 4 is 0 Å². The van der Waals surface area contributed by atoms with Crippen LogP contribution in [0.1, 0.15) is 27.2 Å². The first-order valence-electron chi connectivity index (χ1n) is 4.59. The highest BCUT2D eigenvalue weighted by molar-refractivity contribution is 5.05. The summed E-state index contributed by atoms with van der Waals surface area (Å²) in [6.45, 7) is 9.40. The summed E-state index contributed by atoms with van der Waals surface area (Å²) in [5.41, 5.74) is 0.382. The maximum atomic E-state index is 3.52. The van der Waals surface area contributed by atoms with Crippen molar-refractivity contribution in [2.75, 3.05) is 13.1 Å². The molecule has 2 saturated heterocycles. The van der Waals surface area contributed by atoms with Crippen molar-refractivity contribution < 1.29 is 0 Å². The second-order valence-corrected chi connectivity index (χ2v) is 4.74. The van der Waals surface area contributed by atoms with Gasteiger partial charge in [-0.05, 0) is 33.7 Å². The largest absolute Gasteiger partial charge is 0.311 e. The Morgan fingerprint density at radius 2 is 2.09 bits per heavy atom. The Labute approximate surface area is 69.0 Å². The van der Waals surface area contributed by atoms with Crippen LogP contribution in [0.4, 0.5) is 0 Å². The van der Waals surface area contributed by atoms with Crippen molar-refractivity contribution in [3.63, 3.8) is 0 Å². The molecule has 0 bridgehead atoms. The van der Waals surface area contributed by atoms with Gasteiger partial charge in [0.05, 0.1) is 0 Å². The number of hydrogen-bond donors (Lipinski definition) is 1. The summed E-state index contributed by atoms with van der Waals surface area (Å²) < 4.78 is 0. The van der Waals surface area contributed by atoms with Crippen molar-refractivity contribution in [2.24, 2.45) is 0 Å². The third-order valence-electron chi connectivity index (χ3n) is 2.97. The molecule has 0 saturated carbocycles. The van der Waals surface area contributed by atoms with Crippen molar-refractivity contribution in [1.82, 2.24) is 10.2 Å². The first kappa shape index (κ1) is 7.56. The maximum absolute atomic E-state index is 3.52. The molecule has 0 radical (unpaired) electrons. The first-order chi connectivity index (χ1) is 5.09. The van der Waals surface area contributed by atoms with Crippen LogP contribution in [-0.2, 0) is 0 Å².